The van der Waals surface area contributed by atoms with E-state index in [2.05, 4.69) is 10.3 Å². The predicted molar refractivity (Wildman–Crippen MR) is 94.7 cm³/mol. The van der Waals surface area contributed by atoms with Crippen molar-refractivity contribution >= 4 is 45.5 Å². The molecule has 3 aromatic rings. The Morgan fingerprint density at radius 3 is 2.77 bits per heavy atom. The Balaban J connectivity index is 1.75. The highest BCUT2D eigenvalue weighted by Gasteiger charge is 2.17. The standard InChI is InChI=1S/C17H16N2OS2/c1-11-10-21-17(18-11)22-12(2)16(20)19-15-9-5-7-13-6-3-4-8-14(13)15/h3-10,12H,1-2H3,(H,19,20)/t12-/m1/s1. The lowest BCUT2D eigenvalue weighted by Crippen LogP contribution is -2.22. The van der Waals surface area contributed by atoms with Crippen LogP contribution in [0.25, 0.3) is 10.8 Å². The highest BCUT2D eigenvalue weighted by Crippen LogP contribution is 2.28. The molecular formula is C17H16N2OS2. The average molecular weight is 328 g/mol. The maximum absolute atomic E-state index is 12.4. The minimum atomic E-state index is -0.190. The molecule has 3 rings (SSSR count). The fourth-order valence-corrected chi connectivity index (χ4v) is 4.15. The number of carbonyl (C=O) groups excluding carboxylic acids is 1. The number of thioether (sulfide) groups is 1. The van der Waals surface area contributed by atoms with Gasteiger partial charge in [-0.3, -0.25) is 4.79 Å². The molecule has 0 aliphatic rings. The lowest BCUT2D eigenvalue weighted by molar-refractivity contribution is -0.115. The van der Waals surface area contributed by atoms with Crippen LogP contribution in [0.3, 0.4) is 0 Å². The third kappa shape index (κ3) is 3.31. The topological polar surface area (TPSA) is 42.0 Å². The molecule has 1 aromatic heterocycles. The molecule has 0 saturated carbocycles. The lowest BCUT2D eigenvalue weighted by atomic mass is 10.1. The Kier molecular flexibility index (Phi) is 4.45. The van der Waals surface area contributed by atoms with E-state index < -0.39 is 0 Å². The fraction of sp³-hybridized carbons (Fsp3) is 0.176. The van der Waals surface area contributed by atoms with Gasteiger partial charge in [0.15, 0.2) is 4.34 Å². The Hall–Kier alpha value is -1.85. The van der Waals surface area contributed by atoms with E-state index in [0.29, 0.717) is 0 Å². The molecule has 0 bridgehead atoms. The highest BCUT2D eigenvalue weighted by molar-refractivity contribution is 8.02. The number of nitrogens with zero attached hydrogens (tertiary/aromatic N) is 1. The van der Waals surface area contributed by atoms with Crippen LogP contribution in [0.4, 0.5) is 5.69 Å². The summed E-state index contributed by atoms with van der Waals surface area (Å²) in [6.45, 7) is 3.86. The van der Waals surface area contributed by atoms with E-state index in [1.165, 1.54) is 11.8 Å². The fourth-order valence-electron chi connectivity index (χ4n) is 2.16. The number of hydrogen-bond donors (Lipinski definition) is 1. The molecule has 1 heterocycles. The minimum Gasteiger partial charge on any atom is -0.325 e. The minimum absolute atomic E-state index is 0.00536. The molecule has 112 valence electrons. The van der Waals surface area contributed by atoms with Gasteiger partial charge in [-0.05, 0) is 25.3 Å². The molecule has 2 aromatic carbocycles. The van der Waals surface area contributed by atoms with E-state index in [1.54, 1.807) is 11.3 Å². The number of thiazole rings is 1. The predicted octanol–water partition coefficient (Wildman–Crippen LogP) is 4.72. The van der Waals surface area contributed by atoms with Crippen LogP contribution in [0.15, 0.2) is 52.2 Å². The van der Waals surface area contributed by atoms with E-state index in [1.807, 2.05) is 61.7 Å². The molecule has 22 heavy (non-hydrogen) atoms. The second-order valence-electron chi connectivity index (χ2n) is 5.03. The molecule has 5 heteroatoms. The van der Waals surface area contributed by atoms with Gasteiger partial charge in [-0.25, -0.2) is 4.98 Å². The first-order valence-corrected chi connectivity index (χ1v) is 8.77. The molecule has 0 aliphatic heterocycles. The number of benzene rings is 2. The summed E-state index contributed by atoms with van der Waals surface area (Å²) >= 11 is 3.07. The smallest absolute Gasteiger partial charge is 0.237 e. The van der Waals surface area contributed by atoms with Crippen molar-refractivity contribution in [2.24, 2.45) is 0 Å². The molecule has 3 nitrogen and oxygen atoms in total. The van der Waals surface area contributed by atoms with Crippen molar-refractivity contribution < 1.29 is 4.79 Å². The second-order valence-corrected chi connectivity index (χ2v) is 7.48. The lowest BCUT2D eigenvalue weighted by Gasteiger charge is -2.12. The van der Waals surface area contributed by atoms with Crippen LogP contribution in [-0.2, 0) is 4.79 Å². The Bertz CT molecular complexity index is 808. The summed E-state index contributed by atoms with van der Waals surface area (Å²) in [5.41, 5.74) is 1.85. The van der Waals surface area contributed by atoms with Crippen LogP contribution in [-0.4, -0.2) is 16.1 Å². The number of rotatable bonds is 4. The van der Waals surface area contributed by atoms with Gasteiger partial charge >= 0.3 is 0 Å². The number of fused-ring (bicyclic) bond motifs is 1. The summed E-state index contributed by atoms with van der Waals surface area (Å²) in [6, 6.07) is 14.0. The van der Waals surface area contributed by atoms with Crippen molar-refractivity contribution in [3.05, 3.63) is 53.5 Å². The summed E-state index contributed by atoms with van der Waals surface area (Å²) in [7, 11) is 0. The zero-order valence-corrected chi connectivity index (χ0v) is 14.0. The number of aromatic nitrogens is 1. The van der Waals surface area contributed by atoms with E-state index >= 15 is 0 Å². The van der Waals surface area contributed by atoms with Gasteiger partial charge in [-0.1, -0.05) is 48.2 Å². The second kappa shape index (κ2) is 6.50. The van der Waals surface area contributed by atoms with Crippen LogP contribution < -0.4 is 5.32 Å². The van der Waals surface area contributed by atoms with Crippen molar-refractivity contribution in [2.45, 2.75) is 23.4 Å². The average Bonchev–Trinajstić information content (AvgIpc) is 2.92. The highest BCUT2D eigenvalue weighted by atomic mass is 32.2. The van der Waals surface area contributed by atoms with Crippen molar-refractivity contribution in [3.8, 4) is 0 Å². The van der Waals surface area contributed by atoms with Crippen molar-refractivity contribution in [3.63, 3.8) is 0 Å². The first-order chi connectivity index (χ1) is 10.6. The summed E-state index contributed by atoms with van der Waals surface area (Å²) in [5.74, 6) is -0.00536. The number of hydrogen-bond acceptors (Lipinski definition) is 4. The van der Waals surface area contributed by atoms with Crippen LogP contribution >= 0.6 is 23.1 Å². The quantitative estimate of drug-likeness (QED) is 0.704. The SMILES string of the molecule is Cc1csc(S[C@H](C)C(=O)Nc2cccc3ccccc23)n1. The molecule has 0 unspecified atom stereocenters. The summed E-state index contributed by atoms with van der Waals surface area (Å²) < 4.78 is 0.929. The molecule has 1 N–H and O–H groups in total. The van der Waals surface area contributed by atoms with E-state index in [-0.39, 0.29) is 11.2 Å². The molecule has 0 spiro atoms. The van der Waals surface area contributed by atoms with Crippen LogP contribution in [0.5, 0.6) is 0 Å². The van der Waals surface area contributed by atoms with Crippen molar-refractivity contribution in [1.29, 1.82) is 0 Å². The van der Waals surface area contributed by atoms with Gasteiger partial charge in [-0.2, -0.15) is 0 Å². The maximum atomic E-state index is 12.4. The van der Waals surface area contributed by atoms with Gasteiger partial charge in [0.25, 0.3) is 0 Å². The van der Waals surface area contributed by atoms with Crippen LogP contribution in [0.2, 0.25) is 0 Å². The monoisotopic (exact) mass is 328 g/mol. The number of anilines is 1. The van der Waals surface area contributed by atoms with Gasteiger partial charge in [0.05, 0.1) is 5.25 Å². The Morgan fingerprint density at radius 1 is 1.23 bits per heavy atom. The van der Waals surface area contributed by atoms with Crippen LogP contribution in [0, 0.1) is 6.92 Å². The molecule has 0 saturated heterocycles. The van der Waals surface area contributed by atoms with Crippen molar-refractivity contribution in [2.75, 3.05) is 5.32 Å². The Labute approximate surface area is 137 Å². The van der Waals surface area contributed by atoms with Crippen molar-refractivity contribution in [1.82, 2.24) is 4.98 Å². The molecule has 1 amide bonds. The number of carbonyl (C=O) groups is 1. The van der Waals surface area contributed by atoms with E-state index in [0.717, 1.165) is 26.5 Å². The summed E-state index contributed by atoms with van der Waals surface area (Å²) in [6.07, 6.45) is 0. The van der Waals surface area contributed by atoms with Gasteiger partial charge in [0.2, 0.25) is 5.91 Å². The zero-order chi connectivity index (χ0) is 15.5. The largest absolute Gasteiger partial charge is 0.325 e. The normalized spacial score (nSPS) is 12.3. The first kappa shape index (κ1) is 15.1. The third-order valence-electron chi connectivity index (χ3n) is 3.29. The third-order valence-corrected chi connectivity index (χ3v) is 5.48. The zero-order valence-electron chi connectivity index (χ0n) is 12.4. The maximum Gasteiger partial charge on any atom is 0.237 e. The Morgan fingerprint density at radius 2 is 2.00 bits per heavy atom. The van der Waals surface area contributed by atoms with Gasteiger partial charge < -0.3 is 5.32 Å². The molecule has 1 atom stereocenters. The van der Waals surface area contributed by atoms with Crippen LogP contribution in [0.1, 0.15) is 12.6 Å². The van der Waals surface area contributed by atoms with E-state index in [9.17, 15) is 4.79 Å². The molecule has 0 fully saturated rings. The molecule has 0 radical (unpaired) electrons. The van der Waals surface area contributed by atoms with Gasteiger partial charge in [0.1, 0.15) is 0 Å². The number of aryl methyl sites for hydroxylation is 1. The molecular weight excluding hydrogens is 312 g/mol. The molecule has 0 aliphatic carbocycles. The number of amides is 1. The summed E-state index contributed by atoms with van der Waals surface area (Å²) in [4.78, 5) is 16.8. The van der Waals surface area contributed by atoms with Gasteiger partial charge in [0, 0.05) is 22.1 Å². The van der Waals surface area contributed by atoms with Gasteiger partial charge in [-0.15, -0.1) is 11.3 Å². The van der Waals surface area contributed by atoms with E-state index in [4.69, 9.17) is 0 Å². The summed E-state index contributed by atoms with van der Waals surface area (Å²) in [5, 5.41) is 7.01. The first-order valence-electron chi connectivity index (χ1n) is 7.01. The number of nitrogens with one attached hydrogen (secondary N) is 1.